The van der Waals surface area contributed by atoms with Crippen molar-refractivity contribution in [1.29, 1.82) is 0 Å². The summed E-state index contributed by atoms with van der Waals surface area (Å²) < 4.78 is 0. The van der Waals surface area contributed by atoms with E-state index in [9.17, 15) is 4.79 Å². The molecule has 3 heteroatoms. The molecule has 0 saturated carbocycles. The molecule has 1 N–H and O–H groups in total. The van der Waals surface area contributed by atoms with E-state index in [1.165, 1.54) is 6.08 Å². The summed E-state index contributed by atoms with van der Waals surface area (Å²) in [7, 11) is 0. The molecule has 0 atom stereocenters. The van der Waals surface area contributed by atoms with E-state index in [1.807, 2.05) is 50.2 Å². The molecule has 0 aromatic heterocycles. The van der Waals surface area contributed by atoms with Gasteiger partial charge in [-0.3, -0.25) is 4.79 Å². The predicted molar refractivity (Wildman–Crippen MR) is 85.0 cm³/mol. The zero-order chi connectivity index (χ0) is 14.5. The Bertz CT molecular complexity index is 662. The van der Waals surface area contributed by atoms with E-state index in [0.29, 0.717) is 5.02 Å². The molecule has 0 aliphatic rings. The lowest BCUT2D eigenvalue weighted by atomic mass is 10.1. The highest BCUT2D eigenvalue weighted by Crippen LogP contribution is 2.16. The van der Waals surface area contributed by atoms with Crippen LogP contribution >= 0.6 is 11.6 Å². The molecule has 0 spiro atoms. The Balaban J connectivity index is 2.07. The zero-order valence-electron chi connectivity index (χ0n) is 11.5. The summed E-state index contributed by atoms with van der Waals surface area (Å²) in [6, 6.07) is 13.3. The Kier molecular flexibility index (Phi) is 4.59. The molecule has 2 aromatic carbocycles. The van der Waals surface area contributed by atoms with Crippen molar-refractivity contribution in [3.05, 3.63) is 70.3 Å². The van der Waals surface area contributed by atoms with Gasteiger partial charge in [0.25, 0.3) is 0 Å². The molecule has 2 rings (SSSR count). The molecule has 102 valence electrons. The maximum Gasteiger partial charge on any atom is 0.248 e. The smallest absolute Gasteiger partial charge is 0.248 e. The van der Waals surface area contributed by atoms with Crippen molar-refractivity contribution in [2.24, 2.45) is 0 Å². The van der Waals surface area contributed by atoms with Crippen LogP contribution in [0.2, 0.25) is 5.02 Å². The third kappa shape index (κ3) is 3.97. The Morgan fingerprint density at radius 3 is 2.70 bits per heavy atom. The zero-order valence-corrected chi connectivity index (χ0v) is 12.2. The third-order valence-electron chi connectivity index (χ3n) is 2.93. The van der Waals surface area contributed by atoms with Crippen LogP contribution in [0.4, 0.5) is 5.69 Å². The van der Waals surface area contributed by atoms with E-state index in [1.54, 1.807) is 12.1 Å². The molecule has 0 saturated heterocycles. The number of carbonyl (C=O) groups excluding carboxylic acids is 1. The number of anilines is 1. The molecule has 0 heterocycles. The number of amides is 1. The van der Waals surface area contributed by atoms with Crippen LogP contribution in [0.5, 0.6) is 0 Å². The number of benzene rings is 2. The highest BCUT2D eigenvalue weighted by Gasteiger charge is 2.01. The number of carbonyl (C=O) groups is 1. The monoisotopic (exact) mass is 285 g/mol. The van der Waals surface area contributed by atoms with Crippen LogP contribution < -0.4 is 5.32 Å². The molecule has 0 aliphatic carbocycles. The first-order valence-corrected chi connectivity index (χ1v) is 6.74. The van der Waals surface area contributed by atoms with Crippen molar-refractivity contribution in [3.8, 4) is 0 Å². The minimum absolute atomic E-state index is 0.154. The van der Waals surface area contributed by atoms with Gasteiger partial charge in [0.15, 0.2) is 0 Å². The molecule has 0 bridgehead atoms. The van der Waals surface area contributed by atoms with Crippen LogP contribution in [0.15, 0.2) is 48.5 Å². The van der Waals surface area contributed by atoms with Gasteiger partial charge in [0.1, 0.15) is 0 Å². The second-order valence-corrected chi connectivity index (χ2v) is 5.13. The van der Waals surface area contributed by atoms with Gasteiger partial charge in [0.2, 0.25) is 5.91 Å². The molecule has 0 aliphatic heterocycles. The number of aryl methyl sites for hydroxylation is 2. The summed E-state index contributed by atoms with van der Waals surface area (Å²) in [6.07, 6.45) is 3.25. The second kappa shape index (κ2) is 6.40. The average molecular weight is 286 g/mol. The van der Waals surface area contributed by atoms with Gasteiger partial charge < -0.3 is 5.32 Å². The summed E-state index contributed by atoms with van der Waals surface area (Å²) in [5.74, 6) is -0.154. The topological polar surface area (TPSA) is 29.1 Å². The van der Waals surface area contributed by atoms with E-state index < -0.39 is 0 Å². The highest BCUT2D eigenvalue weighted by atomic mass is 35.5. The molecule has 0 unspecified atom stereocenters. The predicted octanol–water partition coefficient (Wildman–Crippen LogP) is 4.61. The van der Waals surface area contributed by atoms with Crippen LogP contribution in [0.3, 0.4) is 0 Å². The standard InChI is InChI=1S/C17H16ClNO/c1-12-6-7-13(2)16(10-12)19-17(20)9-8-14-4-3-5-15(18)11-14/h3-11H,1-2H3,(H,19,20)/b9-8+. The lowest BCUT2D eigenvalue weighted by Crippen LogP contribution is -2.09. The third-order valence-corrected chi connectivity index (χ3v) is 3.16. The molecule has 0 radical (unpaired) electrons. The number of nitrogens with one attached hydrogen (secondary N) is 1. The Hall–Kier alpha value is -2.06. The van der Waals surface area contributed by atoms with E-state index in [0.717, 1.165) is 22.4 Å². The van der Waals surface area contributed by atoms with Crippen LogP contribution in [0.1, 0.15) is 16.7 Å². The first-order chi connectivity index (χ1) is 9.54. The van der Waals surface area contributed by atoms with Gasteiger partial charge in [-0.05, 0) is 54.8 Å². The fraction of sp³-hybridized carbons (Fsp3) is 0.118. The van der Waals surface area contributed by atoms with Crippen LogP contribution in [0, 0.1) is 13.8 Å². The maximum atomic E-state index is 11.9. The van der Waals surface area contributed by atoms with Crippen molar-refractivity contribution in [2.75, 3.05) is 5.32 Å². The lowest BCUT2D eigenvalue weighted by molar-refractivity contribution is -0.111. The number of hydrogen-bond donors (Lipinski definition) is 1. The fourth-order valence-corrected chi connectivity index (χ4v) is 2.03. The molecule has 1 amide bonds. The highest BCUT2D eigenvalue weighted by molar-refractivity contribution is 6.30. The molecule has 20 heavy (non-hydrogen) atoms. The number of halogens is 1. The van der Waals surface area contributed by atoms with Crippen molar-refractivity contribution in [2.45, 2.75) is 13.8 Å². The fourth-order valence-electron chi connectivity index (χ4n) is 1.83. The van der Waals surface area contributed by atoms with Gasteiger partial charge in [-0.15, -0.1) is 0 Å². The van der Waals surface area contributed by atoms with Gasteiger partial charge in [-0.1, -0.05) is 35.9 Å². The second-order valence-electron chi connectivity index (χ2n) is 4.70. The maximum absolute atomic E-state index is 11.9. The minimum Gasteiger partial charge on any atom is -0.322 e. The summed E-state index contributed by atoms with van der Waals surface area (Å²) in [5.41, 5.74) is 3.89. The summed E-state index contributed by atoms with van der Waals surface area (Å²) in [5, 5.41) is 3.53. The van der Waals surface area contributed by atoms with Crippen LogP contribution in [0.25, 0.3) is 6.08 Å². The molecular formula is C17H16ClNO. The van der Waals surface area contributed by atoms with Crippen molar-refractivity contribution < 1.29 is 4.79 Å². The summed E-state index contributed by atoms with van der Waals surface area (Å²) in [6.45, 7) is 3.96. The molecular weight excluding hydrogens is 270 g/mol. The van der Waals surface area contributed by atoms with E-state index in [2.05, 4.69) is 5.32 Å². The van der Waals surface area contributed by atoms with Gasteiger partial charge in [-0.2, -0.15) is 0 Å². The van der Waals surface area contributed by atoms with Crippen molar-refractivity contribution in [1.82, 2.24) is 0 Å². The van der Waals surface area contributed by atoms with Gasteiger partial charge in [-0.25, -0.2) is 0 Å². The van der Waals surface area contributed by atoms with Crippen LogP contribution in [-0.4, -0.2) is 5.91 Å². The molecule has 2 nitrogen and oxygen atoms in total. The number of rotatable bonds is 3. The Labute approximate surface area is 124 Å². The molecule has 0 fully saturated rings. The van der Waals surface area contributed by atoms with Crippen molar-refractivity contribution in [3.63, 3.8) is 0 Å². The van der Waals surface area contributed by atoms with Gasteiger partial charge in [0, 0.05) is 16.8 Å². The van der Waals surface area contributed by atoms with Gasteiger partial charge >= 0.3 is 0 Å². The lowest BCUT2D eigenvalue weighted by Gasteiger charge is -2.07. The SMILES string of the molecule is Cc1ccc(C)c(NC(=O)/C=C/c2cccc(Cl)c2)c1. The molecule has 2 aromatic rings. The first-order valence-electron chi connectivity index (χ1n) is 6.36. The van der Waals surface area contributed by atoms with E-state index in [4.69, 9.17) is 11.6 Å². The average Bonchev–Trinajstić information content (AvgIpc) is 2.41. The first kappa shape index (κ1) is 14.4. The minimum atomic E-state index is -0.154. The number of hydrogen-bond acceptors (Lipinski definition) is 1. The Morgan fingerprint density at radius 2 is 1.95 bits per heavy atom. The summed E-state index contributed by atoms with van der Waals surface area (Å²) in [4.78, 5) is 11.9. The van der Waals surface area contributed by atoms with Crippen molar-refractivity contribution >= 4 is 29.3 Å². The van der Waals surface area contributed by atoms with E-state index in [-0.39, 0.29) is 5.91 Å². The largest absolute Gasteiger partial charge is 0.322 e. The van der Waals surface area contributed by atoms with Crippen LogP contribution in [-0.2, 0) is 4.79 Å². The Morgan fingerprint density at radius 1 is 1.15 bits per heavy atom. The van der Waals surface area contributed by atoms with E-state index >= 15 is 0 Å². The van der Waals surface area contributed by atoms with Gasteiger partial charge in [0.05, 0.1) is 0 Å². The normalized spacial score (nSPS) is 10.8. The summed E-state index contributed by atoms with van der Waals surface area (Å²) >= 11 is 5.89. The quantitative estimate of drug-likeness (QED) is 0.820.